The van der Waals surface area contributed by atoms with Crippen molar-refractivity contribution in [2.45, 2.75) is 276 Å². The molecule has 6 heteroatoms. The van der Waals surface area contributed by atoms with Crippen LogP contribution in [-0.2, 0) is 14.3 Å². The van der Waals surface area contributed by atoms with Gasteiger partial charge in [0.05, 0.1) is 25.4 Å². The lowest BCUT2D eigenvalue weighted by molar-refractivity contribution is -0.143. The number of carbonyl (C=O) groups excluding carboxylic acids is 2. The van der Waals surface area contributed by atoms with E-state index in [1.54, 1.807) is 0 Å². The third kappa shape index (κ3) is 42.0. The monoisotopic (exact) mass is 778 g/mol. The van der Waals surface area contributed by atoms with Crippen LogP contribution in [0.3, 0.4) is 0 Å². The van der Waals surface area contributed by atoms with E-state index in [1.165, 1.54) is 154 Å². The van der Waals surface area contributed by atoms with Crippen LogP contribution in [0.4, 0.5) is 0 Å². The number of allylic oxidation sites excluding steroid dienone is 2. The van der Waals surface area contributed by atoms with Gasteiger partial charge < -0.3 is 20.3 Å². The summed E-state index contributed by atoms with van der Waals surface area (Å²) >= 11 is 0. The van der Waals surface area contributed by atoms with Gasteiger partial charge in [-0.05, 0) is 51.4 Å². The van der Waals surface area contributed by atoms with E-state index in [0.717, 1.165) is 77.0 Å². The predicted molar refractivity (Wildman–Crippen MR) is 237 cm³/mol. The van der Waals surface area contributed by atoms with Crippen molar-refractivity contribution < 1.29 is 24.5 Å². The van der Waals surface area contributed by atoms with E-state index in [0.29, 0.717) is 25.9 Å². The Bertz CT molecular complexity index is 817. The van der Waals surface area contributed by atoms with Gasteiger partial charge in [0, 0.05) is 12.8 Å². The Kier molecular flexibility index (Phi) is 44.2. The molecule has 0 aromatic heterocycles. The van der Waals surface area contributed by atoms with Crippen molar-refractivity contribution in [1.29, 1.82) is 0 Å². The van der Waals surface area contributed by atoms with Gasteiger partial charge in [0.1, 0.15) is 0 Å². The molecule has 2 atom stereocenters. The first-order valence-corrected chi connectivity index (χ1v) is 24.4. The smallest absolute Gasteiger partial charge is 0.305 e. The summed E-state index contributed by atoms with van der Waals surface area (Å²) in [5, 5.41) is 23.1. The number of nitrogens with one attached hydrogen (secondary N) is 1. The van der Waals surface area contributed by atoms with Crippen LogP contribution in [0.5, 0.6) is 0 Å². The number of aliphatic hydroxyl groups is 2. The van der Waals surface area contributed by atoms with Crippen LogP contribution >= 0.6 is 0 Å². The van der Waals surface area contributed by atoms with E-state index < -0.39 is 12.1 Å². The standard InChI is InChI=1S/C49H95NO5/c1-3-5-7-9-11-13-15-17-19-23-27-31-35-39-43-49(54)55-44-40-36-32-28-24-20-22-26-30-34-38-42-48(53)50-46(45-51)47(52)41-37-33-29-25-21-18-16-14-12-10-8-6-4-2/h24,28,46-47,51-52H,3-23,25-27,29-45H2,1-2H3,(H,50,53)/b28-24-. The third-order valence-corrected chi connectivity index (χ3v) is 11.3. The Morgan fingerprint density at radius 1 is 0.491 bits per heavy atom. The molecule has 0 fully saturated rings. The topological polar surface area (TPSA) is 95.9 Å². The minimum Gasteiger partial charge on any atom is -0.466 e. The summed E-state index contributed by atoms with van der Waals surface area (Å²) in [7, 11) is 0. The average Bonchev–Trinajstić information content (AvgIpc) is 3.18. The predicted octanol–water partition coefficient (Wildman–Crippen LogP) is 14.2. The van der Waals surface area contributed by atoms with E-state index in [2.05, 4.69) is 31.3 Å². The third-order valence-electron chi connectivity index (χ3n) is 11.3. The molecule has 1 amide bonds. The zero-order chi connectivity index (χ0) is 40.1. The molecule has 0 aromatic carbocycles. The Hall–Kier alpha value is -1.40. The lowest BCUT2D eigenvalue weighted by atomic mass is 10.0. The molecular weight excluding hydrogens is 683 g/mol. The molecule has 0 aromatic rings. The van der Waals surface area contributed by atoms with Crippen LogP contribution in [0.1, 0.15) is 264 Å². The van der Waals surface area contributed by atoms with Crippen molar-refractivity contribution in [2.75, 3.05) is 13.2 Å². The summed E-state index contributed by atoms with van der Waals surface area (Å²) in [5.74, 6) is -0.0927. The summed E-state index contributed by atoms with van der Waals surface area (Å²) in [5.41, 5.74) is 0. The van der Waals surface area contributed by atoms with Gasteiger partial charge in [0.25, 0.3) is 0 Å². The molecule has 55 heavy (non-hydrogen) atoms. The van der Waals surface area contributed by atoms with Crippen LogP contribution in [0, 0.1) is 0 Å². The van der Waals surface area contributed by atoms with Crippen molar-refractivity contribution in [3.8, 4) is 0 Å². The SMILES string of the molecule is CCCCCCCCCCCCCCCCC(=O)OCCCC/C=C\CCCCCCCC(=O)NC(CO)C(O)CCCCCCCCCCCCCCC. The molecule has 0 aliphatic carbocycles. The fourth-order valence-corrected chi connectivity index (χ4v) is 7.51. The van der Waals surface area contributed by atoms with Crippen LogP contribution < -0.4 is 5.32 Å². The molecule has 0 bridgehead atoms. The van der Waals surface area contributed by atoms with Crippen molar-refractivity contribution in [3.63, 3.8) is 0 Å². The van der Waals surface area contributed by atoms with Gasteiger partial charge in [-0.15, -0.1) is 0 Å². The number of aliphatic hydroxyl groups excluding tert-OH is 2. The van der Waals surface area contributed by atoms with Crippen molar-refractivity contribution in [2.24, 2.45) is 0 Å². The highest BCUT2D eigenvalue weighted by Crippen LogP contribution is 2.16. The maximum atomic E-state index is 12.4. The van der Waals surface area contributed by atoms with E-state index in [1.807, 2.05) is 0 Å². The fraction of sp³-hybridized carbons (Fsp3) is 0.918. The molecule has 0 saturated carbocycles. The van der Waals surface area contributed by atoms with Gasteiger partial charge in [0.2, 0.25) is 5.91 Å². The molecule has 0 saturated heterocycles. The molecular formula is C49H95NO5. The Balaban J connectivity index is 3.51. The highest BCUT2D eigenvalue weighted by molar-refractivity contribution is 5.76. The van der Waals surface area contributed by atoms with Crippen LogP contribution in [-0.4, -0.2) is 47.4 Å². The lowest BCUT2D eigenvalue weighted by Crippen LogP contribution is -2.45. The molecule has 0 aliphatic rings. The second-order valence-corrected chi connectivity index (χ2v) is 16.8. The summed E-state index contributed by atoms with van der Waals surface area (Å²) in [6, 6.07) is -0.560. The molecule has 0 spiro atoms. The van der Waals surface area contributed by atoms with E-state index in [9.17, 15) is 19.8 Å². The van der Waals surface area contributed by atoms with Crippen molar-refractivity contribution >= 4 is 11.9 Å². The quantitative estimate of drug-likeness (QED) is 0.0325. The zero-order valence-corrected chi connectivity index (χ0v) is 36.9. The average molecular weight is 778 g/mol. The number of amides is 1. The number of esters is 1. The van der Waals surface area contributed by atoms with Crippen molar-refractivity contribution in [1.82, 2.24) is 5.32 Å². The normalized spacial score (nSPS) is 12.7. The summed E-state index contributed by atoms with van der Waals surface area (Å²) in [6.45, 7) is 4.87. The van der Waals surface area contributed by atoms with Gasteiger partial charge in [-0.25, -0.2) is 0 Å². The van der Waals surface area contributed by atoms with Crippen LogP contribution in [0.15, 0.2) is 12.2 Å². The second kappa shape index (κ2) is 45.3. The number of ether oxygens (including phenoxy) is 1. The summed E-state index contributed by atoms with van der Waals surface area (Å²) in [6.07, 6.45) is 50.3. The first-order chi connectivity index (χ1) is 27.0. The first kappa shape index (κ1) is 53.6. The second-order valence-electron chi connectivity index (χ2n) is 16.8. The number of unbranched alkanes of at least 4 members (excludes halogenated alkanes) is 32. The zero-order valence-electron chi connectivity index (χ0n) is 36.9. The minimum absolute atomic E-state index is 0.0290. The Morgan fingerprint density at radius 2 is 0.855 bits per heavy atom. The van der Waals surface area contributed by atoms with Crippen LogP contribution in [0.2, 0.25) is 0 Å². The first-order valence-electron chi connectivity index (χ1n) is 24.4. The van der Waals surface area contributed by atoms with Gasteiger partial charge in [-0.2, -0.15) is 0 Å². The van der Waals surface area contributed by atoms with Crippen molar-refractivity contribution in [3.05, 3.63) is 12.2 Å². The molecule has 326 valence electrons. The Morgan fingerprint density at radius 3 is 1.29 bits per heavy atom. The molecule has 6 nitrogen and oxygen atoms in total. The van der Waals surface area contributed by atoms with E-state index >= 15 is 0 Å². The molecule has 0 heterocycles. The largest absolute Gasteiger partial charge is 0.466 e. The maximum absolute atomic E-state index is 12.4. The van der Waals surface area contributed by atoms with Crippen LogP contribution in [0.25, 0.3) is 0 Å². The van der Waals surface area contributed by atoms with Gasteiger partial charge in [0.15, 0.2) is 0 Å². The molecule has 0 radical (unpaired) electrons. The molecule has 0 aliphatic heterocycles. The number of hydrogen-bond acceptors (Lipinski definition) is 5. The van der Waals surface area contributed by atoms with E-state index in [-0.39, 0.29) is 18.5 Å². The number of rotatable bonds is 45. The highest BCUT2D eigenvalue weighted by atomic mass is 16.5. The Labute approximate surface area is 342 Å². The number of carbonyl (C=O) groups is 2. The maximum Gasteiger partial charge on any atom is 0.305 e. The van der Waals surface area contributed by atoms with Gasteiger partial charge >= 0.3 is 5.97 Å². The number of hydrogen-bond donors (Lipinski definition) is 3. The van der Waals surface area contributed by atoms with Gasteiger partial charge in [-0.1, -0.05) is 212 Å². The van der Waals surface area contributed by atoms with E-state index in [4.69, 9.17) is 4.74 Å². The molecule has 3 N–H and O–H groups in total. The minimum atomic E-state index is -0.680. The lowest BCUT2D eigenvalue weighted by Gasteiger charge is -2.22. The summed E-state index contributed by atoms with van der Waals surface area (Å²) in [4.78, 5) is 24.4. The van der Waals surface area contributed by atoms with Gasteiger partial charge in [-0.3, -0.25) is 9.59 Å². The molecule has 0 rings (SSSR count). The summed E-state index contributed by atoms with van der Waals surface area (Å²) < 4.78 is 5.43. The highest BCUT2D eigenvalue weighted by Gasteiger charge is 2.20. The molecule has 2 unspecified atom stereocenters. The fourth-order valence-electron chi connectivity index (χ4n) is 7.51.